The van der Waals surface area contributed by atoms with Gasteiger partial charge in [-0.1, -0.05) is 12.1 Å². The third-order valence-corrected chi connectivity index (χ3v) is 3.99. The van der Waals surface area contributed by atoms with Crippen LogP contribution in [0.5, 0.6) is 0 Å². The van der Waals surface area contributed by atoms with Crippen molar-refractivity contribution in [1.29, 1.82) is 0 Å². The standard InChI is InChI=1S/C15H17F3N2O3/c1-9(20-7-6-10(8-20)14(22)23)13(21)19-12-5-3-2-4-11(12)15(16,17)18/h2-5,9-10H,6-8H2,1H3,(H,19,21)(H,22,23). The number of rotatable bonds is 4. The maximum absolute atomic E-state index is 12.9. The quantitative estimate of drug-likeness (QED) is 0.890. The highest BCUT2D eigenvalue weighted by atomic mass is 19.4. The van der Waals surface area contributed by atoms with Crippen molar-refractivity contribution in [2.24, 2.45) is 5.92 Å². The van der Waals surface area contributed by atoms with Crippen molar-refractivity contribution in [3.8, 4) is 0 Å². The predicted octanol–water partition coefficient (Wildman–Crippen LogP) is 2.44. The molecule has 0 spiro atoms. The number of carboxylic acid groups (broad SMARTS) is 1. The summed E-state index contributed by atoms with van der Waals surface area (Å²) < 4.78 is 38.7. The monoisotopic (exact) mass is 330 g/mol. The van der Waals surface area contributed by atoms with Crippen molar-refractivity contribution >= 4 is 17.6 Å². The van der Waals surface area contributed by atoms with Crippen LogP contribution in [0, 0.1) is 5.92 Å². The number of anilines is 1. The maximum atomic E-state index is 12.9. The third kappa shape index (κ3) is 4.01. The summed E-state index contributed by atoms with van der Waals surface area (Å²) in [6.45, 7) is 2.19. The predicted molar refractivity (Wildman–Crippen MR) is 76.9 cm³/mol. The van der Waals surface area contributed by atoms with Crippen LogP contribution in [0.4, 0.5) is 18.9 Å². The number of amides is 1. The SMILES string of the molecule is CC(C(=O)Nc1ccccc1C(F)(F)F)N1CCC(C(=O)O)C1. The number of carboxylic acids is 1. The lowest BCUT2D eigenvalue weighted by Gasteiger charge is -2.24. The molecule has 1 saturated heterocycles. The Bertz CT molecular complexity index is 604. The van der Waals surface area contributed by atoms with Gasteiger partial charge < -0.3 is 10.4 Å². The van der Waals surface area contributed by atoms with Crippen LogP contribution in [0.2, 0.25) is 0 Å². The number of carbonyl (C=O) groups excluding carboxylic acids is 1. The first-order chi connectivity index (χ1) is 10.7. The number of carbonyl (C=O) groups is 2. The van der Waals surface area contributed by atoms with Gasteiger partial charge in [0.15, 0.2) is 0 Å². The van der Waals surface area contributed by atoms with E-state index in [2.05, 4.69) is 5.32 Å². The molecule has 1 aromatic carbocycles. The summed E-state index contributed by atoms with van der Waals surface area (Å²) in [5, 5.41) is 11.3. The van der Waals surface area contributed by atoms with E-state index < -0.39 is 35.6 Å². The van der Waals surface area contributed by atoms with Gasteiger partial charge in [-0.15, -0.1) is 0 Å². The zero-order valence-corrected chi connectivity index (χ0v) is 12.4. The first-order valence-corrected chi connectivity index (χ1v) is 7.14. The Morgan fingerprint density at radius 3 is 2.57 bits per heavy atom. The fourth-order valence-corrected chi connectivity index (χ4v) is 2.58. The van der Waals surface area contributed by atoms with Crippen molar-refractivity contribution in [1.82, 2.24) is 4.90 Å². The van der Waals surface area contributed by atoms with E-state index in [1.165, 1.54) is 18.2 Å². The molecule has 0 aliphatic carbocycles. The van der Waals surface area contributed by atoms with Gasteiger partial charge in [-0.25, -0.2) is 0 Å². The molecule has 2 N–H and O–H groups in total. The molecule has 0 bridgehead atoms. The largest absolute Gasteiger partial charge is 0.481 e. The van der Waals surface area contributed by atoms with Gasteiger partial charge in [0.1, 0.15) is 0 Å². The second kappa shape index (κ2) is 6.57. The van der Waals surface area contributed by atoms with E-state index in [4.69, 9.17) is 5.11 Å². The lowest BCUT2D eigenvalue weighted by molar-refractivity contribution is -0.141. The number of hydrogen-bond acceptors (Lipinski definition) is 3. The van der Waals surface area contributed by atoms with Gasteiger partial charge in [-0.05, 0) is 32.0 Å². The Hall–Kier alpha value is -2.09. The Morgan fingerprint density at radius 2 is 2.00 bits per heavy atom. The molecule has 1 aliphatic rings. The van der Waals surface area contributed by atoms with Gasteiger partial charge in [0.25, 0.3) is 0 Å². The number of para-hydroxylation sites is 1. The van der Waals surface area contributed by atoms with E-state index in [9.17, 15) is 22.8 Å². The van der Waals surface area contributed by atoms with Gasteiger partial charge in [0.05, 0.1) is 23.2 Å². The molecule has 0 radical (unpaired) electrons. The molecule has 2 unspecified atom stereocenters. The molecule has 1 amide bonds. The molecule has 2 atom stereocenters. The molecule has 5 nitrogen and oxygen atoms in total. The lowest BCUT2D eigenvalue weighted by Crippen LogP contribution is -2.41. The number of aliphatic carboxylic acids is 1. The Labute approximate surface area is 131 Å². The van der Waals surface area contributed by atoms with Crippen LogP contribution in [-0.4, -0.2) is 41.0 Å². The number of nitrogens with zero attached hydrogens (tertiary/aromatic N) is 1. The highest BCUT2D eigenvalue weighted by Gasteiger charge is 2.36. The molecule has 126 valence electrons. The number of halogens is 3. The van der Waals surface area contributed by atoms with Crippen LogP contribution in [0.3, 0.4) is 0 Å². The highest BCUT2D eigenvalue weighted by Crippen LogP contribution is 2.34. The van der Waals surface area contributed by atoms with E-state index in [1.807, 2.05) is 0 Å². The molecule has 0 saturated carbocycles. The Morgan fingerprint density at radius 1 is 1.35 bits per heavy atom. The lowest BCUT2D eigenvalue weighted by atomic mass is 10.1. The van der Waals surface area contributed by atoms with Crippen molar-refractivity contribution in [2.45, 2.75) is 25.6 Å². The first kappa shape index (κ1) is 17.3. The topological polar surface area (TPSA) is 69.6 Å². The normalized spacial score (nSPS) is 20.3. The maximum Gasteiger partial charge on any atom is 0.418 e. The molecule has 8 heteroatoms. The third-order valence-electron chi connectivity index (χ3n) is 3.99. The summed E-state index contributed by atoms with van der Waals surface area (Å²) >= 11 is 0. The van der Waals surface area contributed by atoms with Crippen LogP contribution >= 0.6 is 0 Å². The molecular weight excluding hydrogens is 313 g/mol. The first-order valence-electron chi connectivity index (χ1n) is 7.14. The van der Waals surface area contributed by atoms with Gasteiger partial charge in [0, 0.05) is 6.54 Å². The summed E-state index contributed by atoms with van der Waals surface area (Å²) in [6, 6.07) is 4.04. The van der Waals surface area contributed by atoms with Crippen LogP contribution in [-0.2, 0) is 15.8 Å². The van der Waals surface area contributed by atoms with E-state index in [-0.39, 0.29) is 12.2 Å². The van der Waals surface area contributed by atoms with Crippen molar-refractivity contribution < 1.29 is 27.9 Å². The molecule has 1 heterocycles. The van der Waals surface area contributed by atoms with Crippen LogP contribution in [0.25, 0.3) is 0 Å². The van der Waals surface area contributed by atoms with Crippen molar-refractivity contribution in [2.75, 3.05) is 18.4 Å². The van der Waals surface area contributed by atoms with E-state index in [0.717, 1.165) is 6.07 Å². The number of hydrogen-bond donors (Lipinski definition) is 2. The minimum atomic E-state index is -4.56. The number of nitrogens with one attached hydrogen (secondary N) is 1. The van der Waals surface area contributed by atoms with Crippen molar-refractivity contribution in [3.05, 3.63) is 29.8 Å². The van der Waals surface area contributed by atoms with E-state index in [1.54, 1.807) is 11.8 Å². The zero-order chi connectivity index (χ0) is 17.2. The number of alkyl halides is 3. The van der Waals surface area contributed by atoms with Crippen LogP contribution < -0.4 is 5.32 Å². The molecule has 0 aromatic heterocycles. The Balaban J connectivity index is 2.07. The minimum absolute atomic E-state index is 0.213. The van der Waals surface area contributed by atoms with Crippen LogP contribution in [0.1, 0.15) is 18.9 Å². The molecular formula is C15H17F3N2O3. The van der Waals surface area contributed by atoms with Gasteiger partial charge in [0.2, 0.25) is 5.91 Å². The summed E-state index contributed by atoms with van der Waals surface area (Å²) in [4.78, 5) is 24.8. The molecule has 1 aromatic rings. The fraction of sp³-hybridized carbons (Fsp3) is 0.467. The van der Waals surface area contributed by atoms with Gasteiger partial charge in [-0.3, -0.25) is 14.5 Å². The average Bonchev–Trinajstić information content (AvgIpc) is 2.95. The van der Waals surface area contributed by atoms with Crippen molar-refractivity contribution in [3.63, 3.8) is 0 Å². The molecule has 1 aliphatic heterocycles. The summed E-state index contributed by atoms with van der Waals surface area (Å²) in [5.41, 5.74) is -1.21. The minimum Gasteiger partial charge on any atom is -0.481 e. The molecule has 23 heavy (non-hydrogen) atoms. The van der Waals surface area contributed by atoms with Gasteiger partial charge >= 0.3 is 12.1 Å². The summed E-state index contributed by atoms with van der Waals surface area (Å²) in [5.74, 6) is -2.07. The fourth-order valence-electron chi connectivity index (χ4n) is 2.58. The van der Waals surface area contributed by atoms with E-state index >= 15 is 0 Å². The summed E-state index contributed by atoms with van der Waals surface area (Å²) in [7, 11) is 0. The average molecular weight is 330 g/mol. The Kier molecular flexibility index (Phi) is 4.93. The molecule has 1 fully saturated rings. The second-order valence-electron chi connectivity index (χ2n) is 5.53. The second-order valence-corrected chi connectivity index (χ2v) is 5.53. The summed E-state index contributed by atoms with van der Waals surface area (Å²) in [6.07, 6.45) is -4.14. The number of likely N-dealkylation sites (tertiary alicyclic amines) is 1. The molecule has 2 rings (SSSR count). The zero-order valence-electron chi connectivity index (χ0n) is 12.4. The smallest absolute Gasteiger partial charge is 0.418 e. The van der Waals surface area contributed by atoms with Crippen LogP contribution in [0.15, 0.2) is 24.3 Å². The number of benzene rings is 1. The van der Waals surface area contributed by atoms with E-state index in [0.29, 0.717) is 13.0 Å². The van der Waals surface area contributed by atoms with Gasteiger partial charge in [-0.2, -0.15) is 13.2 Å². The highest BCUT2D eigenvalue weighted by molar-refractivity contribution is 5.95.